The predicted octanol–water partition coefficient (Wildman–Crippen LogP) is 2.51. The molecule has 10 heavy (non-hydrogen) atoms. The van der Waals surface area contributed by atoms with Crippen molar-refractivity contribution < 1.29 is 4.74 Å². The molecule has 0 bridgehead atoms. The summed E-state index contributed by atoms with van der Waals surface area (Å²) in [4.78, 5) is 0.104. The van der Waals surface area contributed by atoms with Gasteiger partial charge in [0, 0.05) is 7.11 Å². The molecule has 60 valence electrons. The summed E-state index contributed by atoms with van der Waals surface area (Å²) in [5.41, 5.74) is 0. The van der Waals surface area contributed by atoms with Gasteiger partial charge in [0.05, 0.1) is 4.75 Å². The third-order valence-corrected chi connectivity index (χ3v) is 4.33. The molecule has 1 saturated heterocycles. The lowest BCUT2D eigenvalue weighted by atomic mass is 9.96. The third kappa shape index (κ3) is 0.892. The van der Waals surface area contributed by atoms with Crippen molar-refractivity contribution in [3.63, 3.8) is 0 Å². The van der Waals surface area contributed by atoms with Gasteiger partial charge in [0.1, 0.15) is 4.93 Å². The van der Waals surface area contributed by atoms with E-state index in [9.17, 15) is 0 Å². The predicted molar refractivity (Wildman–Crippen MR) is 46.2 cm³/mol. The van der Waals surface area contributed by atoms with Crippen LogP contribution in [-0.4, -0.2) is 16.8 Å². The molecule has 0 amide bonds. The second kappa shape index (κ2) is 2.15. The Kier molecular flexibility index (Phi) is 1.80. The minimum absolute atomic E-state index is 0.104. The Morgan fingerprint density at radius 1 is 1.30 bits per heavy atom. The first-order valence-electron chi connectivity index (χ1n) is 3.71. The lowest BCUT2D eigenvalue weighted by molar-refractivity contribution is 0.0447. The van der Waals surface area contributed by atoms with Crippen LogP contribution < -0.4 is 0 Å². The van der Waals surface area contributed by atoms with Gasteiger partial charge in [-0.3, -0.25) is 0 Å². The molecule has 1 heterocycles. The highest BCUT2D eigenvalue weighted by Crippen LogP contribution is 2.67. The lowest BCUT2D eigenvalue weighted by Gasteiger charge is -2.19. The number of methoxy groups -OCH3 is 1. The van der Waals surface area contributed by atoms with Crippen LogP contribution in [0.2, 0.25) is 0 Å². The van der Waals surface area contributed by atoms with Gasteiger partial charge < -0.3 is 4.74 Å². The molecular formula is C8H16OS. The Labute approximate surface area is 67.5 Å². The van der Waals surface area contributed by atoms with E-state index in [1.54, 1.807) is 0 Å². The van der Waals surface area contributed by atoms with Crippen LogP contribution >= 0.6 is 11.8 Å². The SMILES string of the molecule is COC1(C(C)C)SC1(C)C. The maximum absolute atomic E-state index is 5.49. The van der Waals surface area contributed by atoms with Crippen LogP contribution in [0.25, 0.3) is 0 Å². The van der Waals surface area contributed by atoms with Crippen molar-refractivity contribution in [2.75, 3.05) is 7.11 Å². The molecule has 0 N–H and O–H groups in total. The van der Waals surface area contributed by atoms with E-state index in [-0.39, 0.29) is 4.93 Å². The molecule has 1 unspecified atom stereocenters. The van der Waals surface area contributed by atoms with E-state index < -0.39 is 0 Å². The zero-order chi connectivity index (χ0) is 7.99. The fourth-order valence-electron chi connectivity index (χ4n) is 1.69. The lowest BCUT2D eigenvalue weighted by Crippen LogP contribution is -2.28. The summed E-state index contributed by atoms with van der Waals surface area (Å²) < 4.78 is 5.82. The molecule has 0 aliphatic carbocycles. The summed E-state index contributed by atoms with van der Waals surface area (Å²) in [6.07, 6.45) is 0. The van der Waals surface area contributed by atoms with Crippen molar-refractivity contribution in [2.24, 2.45) is 5.92 Å². The van der Waals surface area contributed by atoms with E-state index in [2.05, 4.69) is 27.7 Å². The monoisotopic (exact) mass is 160 g/mol. The molecule has 1 atom stereocenters. The summed E-state index contributed by atoms with van der Waals surface area (Å²) in [6.45, 7) is 8.90. The van der Waals surface area contributed by atoms with Crippen LogP contribution in [-0.2, 0) is 4.74 Å². The van der Waals surface area contributed by atoms with Crippen molar-refractivity contribution >= 4 is 11.8 Å². The molecule has 1 aliphatic rings. The fraction of sp³-hybridized carbons (Fsp3) is 1.00. The van der Waals surface area contributed by atoms with Crippen molar-refractivity contribution in [3.05, 3.63) is 0 Å². The second-order valence-electron chi connectivity index (χ2n) is 3.64. The Balaban J connectivity index is 2.68. The highest BCUT2D eigenvalue weighted by molar-refractivity contribution is 8.09. The largest absolute Gasteiger partial charge is 0.366 e. The van der Waals surface area contributed by atoms with Gasteiger partial charge in [-0.05, 0) is 19.8 Å². The van der Waals surface area contributed by atoms with Crippen LogP contribution in [0.3, 0.4) is 0 Å². The normalized spacial score (nSPS) is 36.6. The fourth-order valence-corrected chi connectivity index (χ4v) is 3.03. The van der Waals surface area contributed by atoms with Crippen LogP contribution in [0.1, 0.15) is 27.7 Å². The molecule has 2 heteroatoms. The van der Waals surface area contributed by atoms with Gasteiger partial charge in [0.15, 0.2) is 0 Å². The summed E-state index contributed by atoms with van der Waals surface area (Å²) in [7, 11) is 1.81. The molecule has 0 aromatic carbocycles. The standard InChI is InChI=1S/C8H16OS/c1-6(2)8(9-5)7(3,4)10-8/h6H,1-5H3. The van der Waals surface area contributed by atoms with Crippen LogP contribution in [0.4, 0.5) is 0 Å². The Bertz CT molecular complexity index is 142. The van der Waals surface area contributed by atoms with Crippen molar-refractivity contribution in [1.82, 2.24) is 0 Å². The summed E-state index contributed by atoms with van der Waals surface area (Å²) >= 11 is 1.93. The minimum Gasteiger partial charge on any atom is -0.366 e. The molecule has 0 spiro atoms. The Morgan fingerprint density at radius 3 is 1.70 bits per heavy atom. The van der Waals surface area contributed by atoms with Crippen LogP contribution in [0.5, 0.6) is 0 Å². The highest BCUT2D eigenvalue weighted by Gasteiger charge is 2.65. The van der Waals surface area contributed by atoms with E-state index in [4.69, 9.17) is 4.74 Å². The van der Waals surface area contributed by atoms with Crippen molar-refractivity contribution in [3.8, 4) is 0 Å². The van der Waals surface area contributed by atoms with E-state index >= 15 is 0 Å². The zero-order valence-electron chi connectivity index (χ0n) is 7.39. The zero-order valence-corrected chi connectivity index (χ0v) is 8.21. The molecule has 0 saturated carbocycles. The average Bonchev–Trinajstić information content (AvgIpc) is 2.35. The number of rotatable bonds is 2. The molecular weight excluding hydrogens is 144 g/mol. The first-order valence-corrected chi connectivity index (χ1v) is 4.53. The number of hydrogen-bond acceptors (Lipinski definition) is 2. The van der Waals surface area contributed by atoms with Gasteiger partial charge in [-0.15, -0.1) is 11.8 Å². The van der Waals surface area contributed by atoms with Gasteiger partial charge in [-0.25, -0.2) is 0 Å². The molecule has 1 nitrogen and oxygen atoms in total. The summed E-state index contributed by atoms with van der Waals surface area (Å²) in [6, 6.07) is 0. The first-order chi connectivity index (χ1) is 4.46. The smallest absolute Gasteiger partial charge is 0.130 e. The van der Waals surface area contributed by atoms with Gasteiger partial charge >= 0.3 is 0 Å². The Hall–Kier alpha value is 0.310. The quantitative estimate of drug-likeness (QED) is 0.574. The van der Waals surface area contributed by atoms with Gasteiger partial charge in [-0.1, -0.05) is 13.8 Å². The minimum atomic E-state index is 0.104. The van der Waals surface area contributed by atoms with E-state index in [1.807, 2.05) is 18.9 Å². The van der Waals surface area contributed by atoms with E-state index in [1.165, 1.54) is 0 Å². The maximum atomic E-state index is 5.49. The molecule has 1 rings (SSSR count). The number of thioether (sulfide) groups is 1. The van der Waals surface area contributed by atoms with Gasteiger partial charge in [0.25, 0.3) is 0 Å². The van der Waals surface area contributed by atoms with Gasteiger partial charge in [-0.2, -0.15) is 0 Å². The summed E-state index contributed by atoms with van der Waals surface area (Å²) in [5, 5.41) is 0. The van der Waals surface area contributed by atoms with Gasteiger partial charge in [0.2, 0.25) is 0 Å². The second-order valence-corrected chi connectivity index (χ2v) is 5.47. The number of hydrogen-bond donors (Lipinski definition) is 0. The topological polar surface area (TPSA) is 9.23 Å². The van der Waals surface area contributed by atoms with Crippen molar-refractivity contribution in [1.29, 1.82) is 0 Å². The van der Waals surface area contributed by atoms with Crippen LogP contribution in [0, 0.1) is 5.92 Å². The maximum Gasteiger partial charge on any atom is 0.130 e. The molecule has 1 aliphatic heterocycles. The average molecular weight is 160 g/mol. The molecule has 0 aromatic rings. The van der Waals surface area contributed by atoms with Crippen molar-refractivity contribution in [2.45, 2.75) is 37.4 Å². The molecule has 0 aromatic heterocycles. The van der Waals surface area contributed by atoms with E-state index in [0.717, 1.165) is 0 Å². The molecule has 1 fully saturated rings. The third-order valence-electron chi connectivity index (χ3n) is 2.27. The Morgan fingerprint density at radius 2 is 1.70 bits per heavy atom. The van der Waals surface area contributed by atoms with E-state index in [0.29, 0.717) is 10.7 Å². The molecule has 0 radical (unpaired) electrons. The highest BCUT2D eigenvalue weighted by atomic mass is 32.2. The number of ether oxygens (including phenoxy) is 1. The first kappa shape index (κ1) is 8.41. The summed E-state index contributed by atoms with van der Waals surface area (Å²) in [5.74, 6) is 0.609. The van der Waals surface area contributed by atoms with Crippen LogP contribution in [0.15, 0.2) is 0 Å².